The number of aromatic nitrogens is 2. The van der Waals surface area contributed by atoms with Gasteiger partial charge < -0.3 is 19.7 Å². The van der Waals surface area contributed by atoms with E-state index in [1.54, 1.807) is 6.92 Å². The van der Waals surface area contributed by atoms with Crippen molar-refractivity contribution in [2.75, 3.05) is 18.0 Å². The minimum absolute atomic E-state index is 0.0559. The molecule has 3 aromatic rings. The van der Waals surface area contributed by atoms with E-state index in [4.69, 9.17) is 10.3 Å². The summed E-state index contributed by atoms with van der Waals surface area (Å²) in [6.07, 6.45) is 0.628. The lowest BCUT2D eigenvalue weighted by Gasteiger charge is -2.21. The van der Waals surface area contributed by atoms with Gasteiger partial charge in [0, 0.05) is 25.7 Å². The molecule has 0 saturated carbocycles. The third-order valence-electron chi connectivity index (χ3n) is 4.69. The Bertz CT molecular complexity index is 1110. The molecule has 0 spiro atoms. The second-order valence-corrected chi connectivity index (χ2v) is 6.20. The quantitative estimate of drug-likeness (QED) is 0.725. The van der Waals surface area contributed by atoms with Crippen molar-refractivity contribution in [2.45, 2.75) is 25.9 Å². The summed E-state index contributed by atoms with van der Waals surface area (Å²) in [6, 6.07) is 0.825. The number of hydrogen-bond donors (Lipinski definition) is 2. The zero-order chi connectivity index (χ0) is 17.9. The number of anilines is 1. The molecule has 1 atom stereocenters. The van der Waals surface area contributed by atoms with E-state index in [1.165, 1.54) is 9.47 Å². The number of halogens is 2. The van der Waals surface area contributed by atoms with Gasteiger partial charge in [-0.3, -0.25) is 9.59 Å². The average molecular weight is 350 g/mol. The summed E-state index contributed by atoms with van der Waals surface area (Å²) in [7, 11) is 0. The molecule has 3 heterocycles. The maximum absolute atomic E-state index is 15.3. The van der Waals surface area contributed by atoms with Gasteiger partial charge in [0.1, 0.15) is 11.5 Å². The Balaban J connectivity index is 2.15. The highest BCUT2D eigenvalue weighted by atomic mass is 19.1. The highest BCUT2D eigenvalue weighted by molar-refractivity contribution is 5.93. The zero-order valence-electron chi connectivity index (χ0n) is 13.4. The van der Waals surface area contributed by atoms with Crippen LogP contribution in [0.4, 0.5) is 14.5 Å². The molecular weight excluding hydrogens is 334 g/mol. The van der Waals surface area contributed by atoms with Gasteiger partial charge in [-0.15, -0.1) is 0 Å². The van der Waals surface area contributed by atoms with Gasteiger partial charge in [0.05, 0.1) is 10.9 Å². The summed E-state index contributed by atoms with van der Waals surface area (Å²) in [4.78, 5) is 25.9. The van der Waals surface area contributed by atoms with Crippen molar-refractivity contribution in [2.24, 2.45) is 5.73 Å². The standard InChI is InChI=1S/C16H16F2N4O3/c1-2-22-12-8(14(23)10-15(24)20-25-16(10)22)5-9(17)13(11(12)18)21-4-3-7(19)6-21/h5,7H,2-4,6,19H2,1H3,(H,20,24). The first kappa shape index (κ1) is 15.8. The van der Waals surface area contributed by atoms with Crippen LogP contribution in [-0.2, 0) is 6.54 Å². The van der Waals surface area contributed by atoms with Gasteiger partial charge >= 0.3 is 0 Å². The summed E-state index contributed by atoms with van der Waals surface area (Å²) in [5.74, 6) is -1.70. The fraction of sp³-hybridized carbons (Fsp3) is 0.375. The molecule has 1 unspecified atom stereocenters. The molecule has 1 aliphatic rings. The lowest BCUT2D eigenvalue weighted by atomic mass is 10.1. The minimum atomic E-state index is -0.853. The second kappa shape index (κ2) is 5.41. The van der Waals surface area contributed by atoms with Crippen molar-refractivity contribution in [3.63, 3.8) is 0 Å². The van der Waals surface area contributed by atoms with Gasteiger partial charge in [0.2, 0.25) is 11.1 Å². The molecule has 3 N–H and O–H groups in total. The molecule has 132 valence electrons. The maximum atomic E-state index is 15.3. The van der Waals surface area contributed by atoms with Crippen LogP contribution >= 0.6 is 0 Å². The van der Waals surface area contributed by atoms with Crippen LogP contribution in [0.3, 0.4) is 0 Å². The van der Waals surface area contributed by atoms with Crippen LogP contribution in [0.1, 0.15) is 13.3 Å². The normalized spacial score (nSPS) is 17.9. The molecule has 0 aliphatic carbocycles. The largest absolute Gasteiger partial charge is 0.365 e. The number of nitrogens with zero attached hydrogens (tertiary/aromatic N) is 2. The van der Waals surface area contributed by atoms with E-state index in [9.17, 15) is 14.0 Å². The van der Waals surface area contributed by atoms with E-state index in [0.717, 1.165) is 6.07 Å². The first-order valence-corrected chi connectivity index (χ1v) is 8.00. The number of aryl methyl sites for hydroxylation is 1. The van der Waals surface area contributed by atoms with Crippen molar-refractivity contribution >= 4 is 27.7 Å². The highest BCUT2D eigenvalue weighted by Gasteiger charge is 2.29. The Morgan fingerprint density at radius 1 is 1.40 bits per heavy atom. The van der Waals surface area contributed by atoms with Crippen LogP contribution in [0.5, 0.6) is 0 Å². The number of benzene rings is 1. The molecule has 1 fully saturated rings. The highest BCUT2D eigenvalue weighted by Crippen LogP contribution is 2.32. The number of rotatable bonds is 2. The minimum Gasteiger partial charge on any atom is -0.365 e. The molecule has 1 aromatic carbocycles. The number of nitrogens with one attached hydrogen (secondary N) is 1. The first-order chi connectivity index (χ1) is 11.9. The monoisotopic (exact) mass is 350 g/mol. The van der Waals surface area contributed by atoms with Crippen molar-refractivity contribution < 1.29 is 13.3 Å². The summed E-state index contributed by atoms with van der Waals surface area (Å²) in [5.41, 5.74) is 4.01. The average Bonchev–Trinajstić information content (AvgIpc) is 3.15. The van der Waals surface area contributed by atoms with E-state index in [1.807, 2.05) is 0 Å². The van der Waals surface area contributed by atoms with E-state index >= 15 is 4.39 Å². The van der Waals surface area contributed by atoms with Crippen LogP contribution in [-0.4, -0.2) is 28.9 Å². The van der Waals surface area contributed by atoms with Crippen LogP contribution in [0.15, 0.2) is 20.2 Å². The molecule has 1 aliphatic heterocycles. The van der Waals surface area contributed by atoms with Crippen LogP contribution in [0.2, 0.25) is 0 Å². The zero-order valence-corrected chi connectivity index (χ0v) is 13.4. The Kier molecular flexibility index (Phi) is 3.43. The lowest BCUT2D eigenvalue weighted by Crippen LogP contribution is -2.28. The number of H-pyrrole nitrogens is 1. The maximum Gasteiger partial charge on any atom is 0.293 e. The molecule has 25 heavy (non-hydrogen) atoms. The third-order valence-corrected chi connectivity index (χ3v) is 4.69. The number of pyridine rings is 1. The van der Waals surface area contributed by atoms with Gasteiger partial charge in [-0.2, -0.15) is 5.16 Å². The Morgan fingerprint density at radius 3 is 2.80 bits per heavy atom. The molecule has 4 rings (SSSR count). The van der Waals surface area contributed by atoms with E-state index in [0.29, 0.717) is 19.5 Å². The van der Waals surface area contributed by atoms with Gasteiger partial charge in [-0.25, -0.2) is 8.78 Å². The number of aromatic amines is 1. The SMILES string of the molecule is CCn1c2o[nH]c(=O)c2c(=O)c2cc(F)c(N3CCC(N)C3)c(F)c21. The smallest absolute Gasteiger partial charge is 0.293 e. The van der Waals surface area contributed by atoms with E-state index in [2.05, 4.69) is 5.16 Å². The Labute approximate surface area is 139 Å². The van der Waals surface area contributed by atoms with Crippen LogP contribution in [0, 0.1) is 11.6 Å². The molecule has 0 bridgehead atoms. The summed E-state index contributed by atoms with van der Waals surface area (Å²) >= 11 is 0. The molecule has 9 heteroatoms. The lowest BCUT2D eigenvalue weighted by molar-refractivity contribution is 0.429. The number of hydrogen-bond acceptors (Lipinski definition) is 5. The fourth-order valence-corrected chi connectivity index (χ4v) is 3.54. The van der Waals surface area contributed by atoms with Crippen molar-refractivity contribution in [1.29, 1.82) is 0 Å². The van der Waals surface area contributed by atoms with Gasteiger partial charge in [-0.1, -0.05) is 0 Å². The molecule has 7 nitrogen and oxygen atoms in total. The molecule has 1 saturated heterocycles. The predicted molar refractivity (Wildman–Crippen MR) is 89.0 cm³/mol. The summed E-state index contributed by atoms with van der Waals surface area (Å²) in [6.45, 7) is 2.70. The topological polar surface area (TPSA) is 97.3 Å². The Hall–Kier alpha value is -2.68. The van der Waals surface area contributed by atoms with Crippen LogP contribution < -0.4 is 21.6 Å². The fourth-order valence-electron chi connectivity index (χ4n) is 3.54. The van der Waals surface area contributed by atoms with Crippen molar-refractivity contribution in [1.82, 2.24) is 9.72 Å². The number of nitrogens with two attached hydrogens (primary N) is 1. The number of fused-ring (bicyclic) bond motifs is 2. The Morgan fingerprint density at radius 2 is 2.16 bits per heavy atom. The van der Waals surface area contributed by atoms with Gasteiger partial charge in [-0.05, 0) is 19.4 Å². The molecule has 2 aromatic heterocycles. The third kappa shape index (κ3) is 2.12. The van der Waals surface area contributed by atoms with E-state index < -0.39 is 22.6 Å². The van der Waals surface area contributed by atoms with Crippen molar-refractivity contribution in [3.05, 3.63) is 38.3 Å². The summed E-state index contributed by atoms with van der Waals surface area (Å²) in [5, 5.41) is 1.64. The van der Waals surface area contributed by atoms with Crippen LogP contribution in [0.25, 0.3) is 22.0 Å². The van der Waals surface area contributed by atoms with E-state index in [-0.39, 0.29) is 40.3 Å². The van der Waals surface area contributed by atoms with Crippen molar-refractivity contribution in [3.8, 4) is 0 Å². The molecular formula is C16H16F2N4O3. The summed E-state index contributed by atoms with van der Waals surface area (Å²) < 4.78 is 36.3. The predicted octanol–water partition coefficient (Wildman–Crippen LogP) is 1.27. The second-order valence-electron chi connectivity index (χ2n) is 6.20. The molecule has 0 radical (unpaired) electrons. The first-order valence-electron chi connectivity index (χ1n) is 8.00. The van der Waals surface area contributed by atoms with Gasteiger partial charge in [0.15, 0.2) is 11.2 Å². The molecule has 0 amide bonds. The van der Waals surface area contributed by atoms with Gasteiger partial charge in [0.25, 0.3) is 5.56 Å².